The minimum Gasteiger partial charge on any atom is -1.00 e. The molecule has 0 heterocycles. The standard InChI is InChI=1S/C7H6O2.Ca.Mg.4H/c1-5-3-2-4-6(5)7(8)9;;;;;;/h2-4H,1H2,(H,8,9);;;;;;/q;2*+2;4*-1. The SMILES string of the molecule is C=C1C=CC=C1C(=O)O.[Ca+2].[H-].[H-].[H-].[H-].[Mg+2]. The molecule has 0 aliphatic heterocycles. The molecule has 0 atom stereocenters. The van der Waals surface area contributed by atoms with Crippen molar-refractivity contribution in [1.82, 2.24) is 0 Å². The molecular weight excluding hydrogens is 180 g/mol. The van der Waals surface area contributed by atoms with Crippen LogP contribution in [0.3, 0.4) is 0 Å². The van der Waals surface area contributed by atoms with Crippen molar-refractivity contribution in [2.45, 2.75) is 0 Å². The Morgan fingerprint density at radius 1 is 1.64 bits per heavy atom. The summed E-state index contributed by atoms with van der Waals surface area (Å²) in [6.45, 7) is 3.52. The molecule has 11 heavy (non-hydrogen) atoms. The van der Waals surface area contributed by atoms with E-state index < -0.39 is 5.97 Å². The average molecular weight is 191 g/mol. The largest absolute Gasteiger partial charge is 2.00 e. The number of allylic oxidation sites excluding steroid dienone is 3. The number of carboxylic acids is 1. The monoisotopic (exact) mass is 190 g/mol. The second-order valence-corrected chi connectivity index (χ2v) is 1.77. The van der Waals surface area contributed by atoms with Crippen LogP contribution in [0.5, 0.6) is 0 Å². The molecule has 54 valence electrons. The van der Waals surface area contributed by atoms with Crippen molar-refractivity contribution >= 4 is 66.8 Å². The van der Waals surface area contributed by atoms with Gasteiger partial charge in [-0.25, -0.2) is 4.79 Å². The van der Waals surface area contributed by atoms with Gasteiger partial charge in [-0.1, -0.05) is 18.7 Å². The van der Waals surface area contributed by atoms with Crippen molar-refractivity contribution in [3.05, 3.63) is 36.0 Å². The first-order chi connectivity index (χ1) is 4.22. The Hall–Kier alpha value is 0.716. The summed E-state index contributed by atoms with van der Waals surface area (Å²) < 4.78 is 0. The minimum absolute atomic E-state index is 0. The maximum Gasteiger partial charge on any atom is 2.00 e. The average Bonchev–Trinajstić information content (AvgIpc) is 2.13. The van der Waals surface area contributed by atoms with E-state index in [1.807, 2.05) is 0 Å². The fourth-order valence-corrected chi connectivity index (χ4v) is 0.666. The molecule has 0 aromatic heterocycles. The van der Waals surface area contributed by atoms with E-state index in [0.29, 0.717) is 5.57 Å². The van der Waals surface area contributed by atoms with Gasteiger partial charge in [0, 0.05) is 0 Å². The number of aliphatic carboxylic acids is 1. The van der Waals surface area contributed by atoms with Gasteiger partial charge >= 0.3 is 66.8 Å². The first-order valence-electron chi connectivity index (χ1n) is 2.53. The fourth-order valence-electron chi connectivity index (χ4n) is 0.666. The topological polar surface area (TPSA) is 37.3 Å². The van der Waals surface area contributed by atoms with Crippen LogP contribution in [0.15, 0.2) is 36.0 Å². The summed E-state index contributed by atoms with van der Waals surface area (Å²) >= 11 is 0. The van der Waals surface area contributed by atoms with E-state index in [4.69, 9.17) is 5.11 Å². The summed E-state index contributed by atoms with van der Waals surface area (Å²) in [5, 5.41) is 8.41. The number of rotatable bonds is 1. The number of carboxylic acid groups (broad SMARTS) is 1. The van der Waals surface area contributed by atoms with Gasteiger partial charge in [-0.15, -0.1) is 0 Å². The van der Waals surface area contributed by atoms with Crippen molar-refractivity contribution < 1.29 is 15.6 Å². The molecule has 0 radical (unpaired) electrons. The van der Waals surface area contributed by atoms with E-state index in [1.165, 1.54) is 6.08 Å². The van der Waals surface area contributed by atoms with E-state index in [0.717, 1.165) is 0 Å². The number of hydrogen-bond acceptors (Lipinski definition) is 1. The van der Waals surface area contributed by atoms with Gasteiger partial charge in [0.15, 0.2) is 0 Å². The first kappa shape index (κ1) is 14.3. The van der Waals surface area contributed by atoms with Crippen LogP contribution in [-0.4, -0.2) is 71.9 Å². The maximum absolute atomic E-state index is 10.2. The van der Waals surface area contributed by atoms with E-state index in [1.54, 1.807) is 12.2 Å². The van der Waals surface area contributed by atoms with Gasteiger partial charge in [0.2, 0.25) is 0 Å². The number of carbonyl (C=O) groups is 1. The van der Waals surface area contributed by atoms with Crippen LogP contribution in [0.25, 0.3) is 0 Å². The summed E-state index contributed by atoms with van der Waals surface area (Å²) in [5.74, 6) is -0.912. The Bertz CT molecular complexity index is 243. The van der Waals surface area contributed by atoms with E-state index >= 15 is 0 Å². The Morgan fingerprint density at radius 3 is 2.36 bits per heavy atom. The zero-order valence-corrected chi connectivity index (χ0v) is 9.83. The molecule has 4 heteroatoms. The number of hydrogen-bond donors (Lipinski definition) is 1. The Morgan fingerprint density at radius 2 is 2.18 bits per heavy atom. The van der Waals surface area contributed by atoms with Crippen LogP contribution >= 0.6 is 0 Å². The van der Waals surface area contributed by atoms with Crippen LogP contribution in [0.1, 0.15) is 5.71 Å². The molecule has 0 saturated carbocycles. The Labute approximate surface area is 117 Å². The van der Waals surface area contributed by atoms with Gasteiger partial charge in [0.1, 0.15) is 0 Å². The molecule has 0 saturated heterocycles. The van der Waals surface area contributed by atoms with Gasteiger partial charge in [0.25, 0.3) is 0 Å². The van der Waals surface area contributed by atoms with Gasteiger partial charge in [-0.3, -0.25) is 0 Å². The van der Waals surface area contributed by atoms with Gasteiger partial charge in [0.05, 0.1) is 5.57 Å². The van der Waals surface area contributed by atoms with Crippen molar-refractivity contribution in [2.24, 2.45) is 0 Å². The molecule has 1 aliphatic rings. The predicted molar refractivity (Wildman–Crippen MR) is 50.0 cm³/mol. The van der Waals surface area contributed by atoms with E-state index in [9.17, 15) is 4.79 Å². The van der Waals surface area contributed by atoms with Crippen molar-refractivity contribution in [1.29, 1.82) is 0 Å². The molecule has 1 rings (SSSR count). The summed E-state index contributed by atoms with van der Waals surface area (Å²) in [6, 6.07) is 0. The molecule has 0 amide bonds. The van der Waals surface area contributed by atoms with Gasteiger partial charge < -0.3 is 10.8 Å². The quantitative estimate of drug-likeness (QED) is 0.622. The third kappa shape index (κ3) is 3.76. The fraction of sp³-hybridized carbons (Fsp3) is 0. The normalized spacial score (nSPS) is 13.1. The zero-order chi connectivity index (χ0) is 6.85. The van der Waals surface area contributed by atoms with Gasteiger partial charge in [-0.05, 0) is 11.6 Å². The minimum atomic E-state index is -0.912. The van der Waals surface area contributed by atoms with Crippen LogP contribution in [-0.2, 0) is 4.79 Å². The molecule has 1 N–H and O–H groups in total. The van der Waals surface area contributed by atoms with E-state index in [-0.39, 0.29) is 72.1 Å². The Kier molecular flexibility index (Phi) is 8.11. The molecule has 0 aromatic rings. The first-order valence-corrected chi connectivity index (χ1v) is 2.53. The molecule has 0 unspecified atom stereocenters. The molecule has 0 bridgehead atoms. The summed E-state index contributed by atoms with van der Waals surface area (Å²) in [5.41, 5.74) is 0.859. The maximum atomic E-state index is 10.2. The zero-order valence-electron chi connectivity index (χ0n) is 10.2. The third-order valence-electron chi connectivity index (χ3n) is 1.14. The molecule has 0 spiro atoms. The van der Waals surface area contributed by atoms with E-state index in [2.05, 4.69) is 6.58 Å². The Balaban J connectivity index is -0.0000000337. The van der Waals surface area contributed by atoms with Crippen molar-refractivity contribution in [3.63, 3.8) is 0 Å². The van der Waals surface area contributed by atoms with Crippen LogP contribution < -0.4 is 0 Å². The second-order valence-electron chi connectivity index (χ2n) is 1.77. The summed E-state index contributed by atoms with van der Waals surface area (Å²) in [7, 11) is 0. The molecule has 0 aromatic carbocycles. The van der Waals surface area contributed by atoms with Crippen molar-refractivity contribution in [2.75, 3.05) is 0 Å². The van der Waals surface area contributed by atoms with Crippen LogP contribution in [0, 0.1) is 0 Å². The molecule has 2 nitrogen and oxygen atoms in total. The van der Waals surface area contributed by atoms with Crippen LogP contribution in [0.4, 0.5) is 0 Å². The summed E-state index contributed by atoms with van der Waals surface area (Å²) in [6.07, 6.45) is 4.87. The second kappa shape index (κ2) is 6.26. The molecule has 1 aliphatic carbocycles. The van der Waals surface area contributed by atoms with Gasteiger partial charge in [-0.2, -0.15) is 0 Å². The molecule has 0 fully saturated rings. The van der Waals surface area contributed by atoms with Crippen LogP contribution in [0.2, 0.25) is 0 Å². The van der Waals surface area contributed by atoms with Crippen molar-refractivity contribution in [3.8, 4) is 0 Å². The molecular formula is C7H10CaMgO2. The summed E-state index contributed by atoms with van der Waals surface area (Å²) in [4.78, 5) is 10.2. The smallest absolute Gasteiger partial charge is 1.00 e. The third-order valence-corrected chi connectivity index (χ3v) is 1.14. The predicted octanol–water partition coefficient (Wildman–Crippen LogP) is 0.812.